The molecular formula is C19H16Cl2N2O4S. The molecule has 0 aromatic heterocycles. The summed E-state index contributed by atoms with van der Waals surface area (Å²) in [5, 5.41) is 2.77. The van der Waals surface area contributed by atoms with Gasteiger partial charge in [0.2, 0.25) is 17.7 Å². The fourth-order valence-electron chi connectivity index (χ4n) is 2.72. The van der Waals surface area contributed by atoms with Crippen LogP contribution < -0.4 is 15.0 Å². The summed E-state index contributed by atoms with van der Waals surface area (Å²) in [6.45, 7) is 0. The lowest BCUT2D eigenvalue weighted by Gasteiger charge is -2.15. The Morgan fingerprint density at radius 2 is 1.82 bits per heavy atom. The Labute approximate surface area is 176 Å². The van der Waals surface area contributed by atoms with Crippen molar-refractivity contribution in [3.8, 4) is 5.75 Å². The molecule has 2 aromatic carbocycles. The minimum atomic E-state index is -0.633. The summed E-state index contributed by atoms with van der Waals surface area (Å²) in [7, 11) is 1.56. The summed E-state index contributed by atoms with van der Waals surface area (Å²) < 4.78 is 5.06. The molecule has 0 bridgehead atoms. The van der Waals surface area contributed by atoms with Gasteiger partial charge >= 0.3 is 0 Å². The van der Waals surface area contributed by atoms with Crippen molar-refractivity contribution in [2.24, 2.45) is 0 Å². The number of ether oxygens (including phenoxy) is 1. The number of nitrogens with one attached hydrogen (secondary N) is 1. The number of halogens is 2. The number of benzene rings is 2. The van der Waals surface area contributed by atoms with E-state index >= 15 is 0 Å². The third-order valence-corrected chi connectivity index (χ3v) is 5.64. The number of anilines is 2. The van der Waals surface area contributed by atoms with E-state index in [1.54, 1.807) is 31.4 Å². The molecule has 0 spiro atoms. The van der Waals surface area contributed by atoms with Crippen LogP contribution in [0.5, 0.6) is 5.75 Å². The van der Waals surface area contributed by atoms with Gasteiger partial charge in [0.1, 0.15) is 5.75 Å². The summed E-state index contributed by atoms with van der Waals surface area (Å²) in [5.74, 6) is -0.273. The Morgan fingerprint density at radius 3 is 2.43 bits per heavy atom. The molecule has 1 saturated heterocycles. The van der Waals surface area contributed by atoms with Crippen LogP contribution in [0.1, 0.15) is 6.42 Å². The first-order valence-corrected chi connectivity index (χ1v) is 10.1. The number of amides is 3. The van der Waals surface area contributed by atoms with E-state index in [-0.39, 0.29) is 29.9 Å². The van der Waals surface area contributed by atoms with Gasteiger partial charge in [-0.25, -0.2) is 4.90 Å². The lowest BCUT2D eigenvalue weighted by atomic mass is 10.3. The molecule has 0 aliphatic carbocycles. The Balaban J connectivity index is 1.59. The van der Waals surface area contributed by atoms with Crippen LogP contribution in [0.15, 0.2) is 42.5 Å². The average molecular weight is 439 g/mol. The molecule has 2 aromatic rings. The maximum Gasteiger partial charge on any atom is 0.247 e. The first kappa shape index (κ1) is 20.5. The molecule has 0 saturated carbocycles. The van der Waals surface area contributed by atoms with Crippen molar-refractivity contribution in [3.63, 3.8) is 0 Å². The Bertz CT molecular complexity index is 900. The third kappa shape index (κ3) is 4.79. The zero-order valence-electron chi connectivity index (χ0n) is 14.8. The molecule has 6 nitrogen and oxygen atoms in total. The van der Waals surface area contributed by atoms with Gasteiger partial charge in [-0.15, -0.1) is 11.8 Å². The van der Waals surface area contributed by atoms with Gasteiger partial charge in [-0.2, -0.15) is 0 Å². The normalized spacial score (nSPS) is 16.4. The van der Waals surface area contributed by atoms with E-state index in [1.807, 2.05) is 0 Å². The molecule has 1 N–H and O–H groups in total. The molecule has 0 unspecified atom stereocenters. The Hall–Kier alpha value is -2.22. The number of carbonyl (C=O) groups is 3. The van der Waals surface area contributed by atoms with E-state index in [1.165, 1.54) is 18.2 Å². The van der Waals surface area contributed by atoms with E-state index in [4.69, 9.17) is 27.9 Å². The van der Waals surface area contributed by atoms with Crippen molar-refractivity contribution in [3.05, 3.63) is 52.5 Å². The van der Waals surface area contributed by atoms with E-state index in [9.17, 15) is 14.4 Å². The van der Waals surface area contributed by atoms with Crippen molar-refractivity contribution in [1.82, 2.24) is 0 Å². The fraction of sp³-hybridized carbons (Fsp3) is 0.211. The van der Waals surface area contributed by atoms with Crippen molar-refractivity contribution >= 4 is 64.1 Å². The highest BCUT2D eigenvalue weighted by Gasteiger charge is 2.40. The van der Waals surface area contributed by atoms with Crippen LogP contribution in [0.2, 0.25) is 10.0 Å². The van der Waals surface area contributed by atoms with Crippen LogP contribution in [0.25, 0.3) is 0 Å². The number of thioether (sulfide) groups is 1. The number of methoxy groups -OCH3 is 1. The molecule has 28 heavy (non-hydrogen) atoms. The fourth-order valence-corrected chi connectivity index (χ4v) is 4.17. The lowest BCUT2D eigenvalue weighted by Crippen LogP contribution is -2.31. The summed E-state index contributed by atoms with van der Waals surface area (Å²) >= 11 is 13.0. The number of imide groups is 1. The topological polar surface area (TPSA) is 75.7 Å². The first-order valence-electron chi connectivity index (χ1n) is 8.26. The van der Waals surface area contributed by atoms with Gasteiger partial charge in [0.15, 0.2) is 0 Å². The second-order valence-corrected chi connectivity index (χ2v) is 8.04. The highest BCUT2D eigenvalue weighted by Crippen LogP contribution is 2.33. The molecule has 3 rings (SSSR count). The highest BCUT2D eigenvalue weighted by atomic mass is 35.5. The Kier molecular flexibility index (Phi) is 6.49. The maximum absolute atomic E-state index is 12.6. The number of hydrogen-bond donors (Lipinski definition) is 1. The highest BCUT2D eigenvalue weighted by molar-refractivity contribution is 8.01. The maximum atomic E-state index is 12.6. The largest absolute Gasteiger partial charge is 0.497 e. The number of nitrogens with zero attached hydrogens (tertiary/aromatic N) is 1. The molecule has 146 valence electrons. The zero-order valence-corrected chi connectivity index (χ0v) is 17.1. The van der Waals surface area contributed by atoms with Gasteiger partial charge < -0.3 is 10.1 Å². The third-order valence-electron chi connectivity index (χ3n) is 4.00. The summed E-state index contributed by atoms with van der Waals surface area (Å²) in [6, 6.07) is 11.4. The SMILES string of the molecule is COc1ccc(NC(=O)CS[C@H]2CC(=O)N(c3cc(Cl)cc(Cl)c3)C2=O)cc1. The summed E-state index contributed by atoms with van der Waals surface area (Å²) in [6.07, 6.45) is 0.0173. The standard InChI is InChI=1S/C19H16Cl2N2O4S/c1-27-15-4-2-13(3-5-15)22-17(24)10-28-16-9-18(25)23(19(16)26)14-7-11(20)6-12(21)8-14/h2-8,16H,9-10H2,1H3,(H,22,24)/t16-/m0/s1. The van der Waals surface area contributed by atoms with Gasteiger partial charge in [0.05, 0.1) is 23.8 Å². The van der Waals surface area contributed by atoms with Gasteiger partial charge in [0, 0.05) is 22.2 Å². The second kappa shape index (κ2) is 8.86. The van der Waals surface area contributed by atoms with Crippen LogP contribution >= 0.6 is 35.0 Å². The van der Waals surface area contributed by atoms with Crippen molar-refractivity contribution in [2.75, 3.05) is 23.1 Å². The van der Waals surface area contributed by atoms with Crippen LogP contribution in [0, 0.1) is 0 Å². The monoisotopic (exact) mass is 438 g/mol. The first-order chi connectivity index (χ1) is 13.4. The number of carbonyl (C=O) groups excluding carboxylic acids is 3. The van der Waals surface area contributed by atoms with Gasteiger partial charge in [-0.3, -0.25) is 14.4 Å². The molecular weight excluding hydrogens is 423 g/mol. The van der Waals surface area contributed by atoms with Gasteiger partial charge in [0.25, 0.3) is 0 Å². The molecule has 1 fully saturated rings. The van der Waals surface area contributed by atoms with E-state index in [0.29, 0.717) is 27.2 Å². The van der Waals surface area contributed by atoms with E-state index in [2.05, 4.69) is 5.32 Å². The molecule has 0 radical (unpaired) electrons. The second-order valence-electron chi connectivity index (χ2n) is 5.98. The van der Waals surface area contributed by atoms with Crippen molar-refractivity contribution < 1.29 is 19.1 Å². The van der Waals surface area contributed by atoms with Gasteiger partial charge in [-0.05, 0) is 42.5 Å². The molecule has 1 aliphatic heterocycles. The van der Waals surface area contributed by atoms with Crippen LogP contribution in [0.4, 0.5) is 11.4 Å². The predicted molar refractivity (Wildman–Crippen MR) is 111 cm³/mol. The smallest absolute Gasteiger partial charge is 0.247 e. The molecule has 3 amide bonds. The summed E-state index contributed by atoms with van der Waals surface area (Å²) in [5.41, 5.74) is 0.953. The molecule has 1 atom stereocenters. The predicted octanol–water partition coefficient (Wildman–Crippen LogP) is 4.01. The van der Waals surface area contributed by atoms with Crippen LogP contribution in [-0.4, -0.2) is 35.8 Å². The number of hydrogen-bond acceptors (Lipinski definition) is 5. The molecule has 1 aliphatic rings. The average Bonchev–Trinajstić information content (AvgIpc) is 2.93. The zero-order chi connectivity index (χ0) is 20.3. The van der Waals surface area contributed by atoms with E-state index < -0.39 is 5.25 Å². The minimum absolute atomic E-state index is 0.0173. The molecule has 9 heteroatoms. The quantitative estimate of drug-likeness (QED) is 0.689. The van der Waals surface area contributed by atoms with E-state index in [0.717, 1.165) is 16.7 Å². The van der Waals surface area contributed by atoms with Crippen LogP contribution in [-0.2, 0) is 14.4 Å². The minimum Gasteiger partial charge on any atom is -0.497 e. The van der Waals surface area contributed by atoms with Crippen molar-refractivity contribution in [1.29, 1.82) is 0 Å². The van der Waals surface area contributed by atoms with Crippen molar-refractivity contribution in [2.45, 2.75) is 11.7 Å². The molecule has 1 heterocycles. The lowest BCUT2D eigenvalue weighted by molar-refractivity contribution is -0.121. The summed E-state index contributed by atoms with van der Waals surface area (Å²) in [4.78, 5) is 38.2. The Morgan fingerprint density at radius 1 is 1.18 bits per heavy atom. The van der Waals surface area contributed by atoms with Gasteiger partial charge in [-0.1, -0.05) is 23.2 Å². The van der Waals surface area contributed by atoms with Crippen LogP contribution in [0.3, 0.4) is 0 Å². The number of rotatable bonds is 6.